The number of rotatable bonds is 8. The van der Waals surface area contributed by atoms with Gasteiger partial charge in [0.1, 0.15) is 5.00 Å². The second-order valence-electron chi connectivity index (χ2n) is 3.70. The van der Waals surface area contributed by atoms with Crippen LogP contribution in [0.3, 0.4) is 0 Å². The summed E-state index contributed by atoms with van der Waals surface area (Å²) in [4.78, 5) is 17.0. The molecule has 0 atom stereocenters. The van der Waals surface area contributed by atoms with E-state index in [0.29, 0.717) is 5.00 Å². The van der Waals surface area contributed by atoms with Gasteiger partial charge in [0.25, 0.3) is 0 Å². The van der Waals surface area contributed by atoms with Gasteiger partial charge in [-0.05, 0) is 19.5 Å². The van der Waals surface area contributed by atoms with Crippen LogP contribution in [0.2, 0.25) is 0 Å². The predicted molar refractivity (Wildman–Crippen MR) is 70.0 cm³/mol. The lowest BCUT2D eigenvalue weighted by Crippen LogP contribution is -2.29. The molecule has 1 aromatic rings. The smallest absolute Gasteiger partial charge is 0.357 e. The zero-order chi connectivity index (χ0) is 12.7. The molecule has 1 rings (SSSR count). The third-order valence-electron chi connectivity index (χ3n) is 2.47. The van der Waals surface area contributed by atoms with Gasteiger partial charge in [-0.25, -0.2) is 9.78 Å². The molecule has 0 amide bonds. The summed E-state index contributed by atoms with van der Waals surface area (Å²) in [6.45, 7) is 8.04. The molecule has 0 saturated heterocycles. The fraction of sp³-hybridized carbons (Fsp3) is 0.636. The van der Waals surface area contributed by atoms with Crippen LogP contribution < -0.4 is 5.32 Å². The van der Waals surface area contributed by atoms with Crippen molar-refractivity contribution in [2.24, 2.45) is 0 Å². The predicted octanol–water partition coefficient (Wildman–Crippen LogP) is 1.99. The van der Waals surface area contributed by atoms with E-state index in [1.165, 1.54) is 11.3 Å². The van der Waals surface area contributed by atoms with Gasteiger partial charge in [0.15, 0.2) is 5.69 Å². The van der Waals surface area contributed by atoms with E-state index >= 15 is 0 Å². The molecule has 2 N–H and O–H groups in total. The first-order valence-electron chi connectivity index (χ1n) is 5.82. The van der Waals surface area contributed by atoms with Gasteiger partial charge in [0, 0.05) is 13.1 Å². The van der Waals surface area contributed by atoms with E-state index in [0.717, 1.165) is 32.6 Å². The molecule has 5 nitrogen and oxygen atoms in total. The van der Waals surface area contributed by atoms with Gasteiger partial charge in [-0.2, -0.15) is 0 Å². The third kappa shape index (κ3) is 4.32. The van der Waals surface area contributed by atoms with Crippen LogP contribution in [-0.2, 0) is 0 Å². The molecule has 0 bridgehead atoms. The van der Waals surface area contributed by atoms with Gasteiger partial charge in [-0.1, -0.05) is 13.8 Å². The lowest BCUT2D eigenvalue weighted by molar-refractivity contribution is 0.0692. The van der Waals surface area contributed by atoms with Crippen LogP contribution in [0.15, 0.2) is 5.51 Å². The lowest BCUT2D eigenvalue weighted by Gasteiger charge is -2.19. The topological polar surface area (TPSA) is 65.5 Å². The van der Waals surface area contributed by atoms with E-state index in [1.54, 1.807) is 5.51 Å². The van der Waals surface area contributed by atoms with E-state index in [9.17, 15) is 4.79 Å². The van der Waals surface area contributed by atoms with E-state index in [1.807, 2.05) is 0 Å². The number of aromatic nitrogens is 1. The Bertz CT molecular complexity index is 354. The summed E-state index contributed by atoms with van der Waals surface area (Å²) in [7, 11) is 0. The van der Waals surface area contributed by atoms with Gasteiger partial charge in [0.2, 0.25) is 0 Å². The van der Waals surface area contributed by atoms with Crippen LogP contribution in [0.25, 0.3) is 0 Å². The summed E-state index contributed by atoms with van der Waals surface area (Å²) in [6.07, 6.45) is 1.13. The molecule has 0 aliphatic carbocycles. The van der Waals surface area contributed by atoms with Crippen LogP contribution in [0.1, 0.15) is 30.8 Å². The minimum absolute atomic E-state index is 0.119. The highest BCUT2D eigenvalue weighted by Crippen LogP contribution is 2.19. The van der Waals surface area contributed by atoms with Crippen molar-refractivity contribution in [3.05, 3.63) is 11.2 Å². The monoisotopic (exact) mass is 257 g/mol. The van der Waals surface area contributed by atoms with Crippen LogP contribution in [0.5, 0.6) is 0 Å². The first-order valence-corrected chi connectivity index (χ1v) is 6.70. The molecule has 0 saturated carbocycles. The normalized spacial score (nSPS) is 10.8. The summed E-state index contributed by atoms with van der Waals surface area (Å²) < 4.78 is 0. The van der Waals surface area contributed by atoms with Crippen LogP contribution in [0, 0.1) is 0 Å². The SMILES string of the molecule is CCCN(CC)CCNc1scnc1C(=O)O. The minimum Gasteiger partial charge on any atom is -0.476 e. The highest BCUT2D eigenvalue weighted by atomic mass is 32.1. The molecule has 6 heteroatoms. The molecule has 1 aromatic heterocycles. The Morgan fingerprint density at radius 1 is 1.53 bits per heavy atom. The number of nitrogens with zero attached hydrogens (tertiary/aromatic N) is 2. The molecule has 96 valence electrons. The van der Waals surface area contributed by atoms with E-state index in [4.69, 9.17) is 5.11 Å². The molecular weight excluding hydrogens is 238 g/mol. The van der Waals surface area contributed by atoms with Crippen molar-refractivity contribution in [3.63, 3.8) is 0 Å². The number of carboxylic acid groups (broad SMARTS) is 1. The Balaban J connectivity index is 2.39. The highest BCUT2D eigenvalue weighted by molar-refractivity contribution is 7.14. The number of thiazole rings is 1. The summed E-state index contributed by atoms with van der Waals surface area (Å²) in [5.41, 5.74) is 1.67. The first kappa shape index (κ1) is 13.9. The Morgan fingerprint density at radius 2 is 2.29 bits per heavy atom. The molecule has 0 aliphatic heterocycles. The quantitative estimate of drug-likeness (QED) is 0.745. The van der Waals surface area contributed by atoms with Crippen molar-refractivity contribution in [3.8, 4) is 0 Å². The standard InChI is InChI=1S/C11H19N3O2S/c1-3-6-14(4-2)7-5-12-10-9(11(15)16)13-8-17-10/h8,12H,3-7H2,1-2H3,(H,15,16). The van der Waals surface area contributed by atoms with E-state index in [2.05, 4.69) is 29.0 Å². The second-order valence-corrected chi connectivity index (χ2v) is 4.55. The number of hydrogen-bond donors (Lipinski definition) is 2. The Labute approximate surface area is 105 Å². The van der Waals surface area contributed by atoms with Gasteiger partial charge in [0.05, 0.1) is 5.51 Å². The Kier molecular flexibility index (Phi) is 5.93. The van der Waals surface area contributed by atoms with Crippen LogP contribution in [0.4, 0.5) is 5.00 Å². The van der Waals surface area contributed by atoms with Crippen molar-refractivity contribution in [1.82, 2.24) is 9.88 Å². The third-order valence-corrected chi connectivity index (χ3v) is 3.25. The zero-order valence-corrected chi connectivity index (χ0v) is 11.1. The van der Waals surface area contributed by atoms with Crippen molar-refractivity contribution >= 4 is 22.3 Å². The molecule has 0 radical (unpaired) electrons. The molecule has 0 unspecified atom stereocenters. The minimum atomic E-state index is -0.977. The van der Waals surface area contributed by atoms with Crippen LogP contribution in [-0.4, -0.2) is 47.1 Å². The molecule has 0 aromatic carbocycles. The van der Waals surface area contributed by atoms with E-state index in [-0.39, 0.29) is 5.69 Å². The maximum Gasteiger partial charge on any atom is 0.357 e. The molecule has 17 heavy (non-hydrogen) atoms. The fourth-order valence-corrected chi connectivity index (χ4v) is 2.30. The average Bonchev–Trinajstić information content (AvgIpc) is 2.76. The maximum absolute atomic E-state index is 10.8. The molecule has 0 spiro atoms. The number of aromatic carboxylic acids is 1. The molecule has 0 aliphatic rings. The number of nitrogens with one attached hydrogen (secondary N) is 1. The first-order chi connectivity index (χ1) is 8.19. The van der Waals surface area contributed by atoms with E-state index < -0.39 is 5.97 Å². The van der Waals surface area contributed by atoms with Crippen molar-refractivity contribution in [1.29, 1.82) is 0 Å². The lowest BCUT2D eigenvalue weighted by atomic mass is 10.4. The van der Waals surface area contributed by atoms with Gasteiger partial charge < -0.3 is 15.3 Å². The van der Waals surface area contributed by atoms with Gasteiger partial charge in [-0.3, -0.25) is 0 Å². The summed E-state index contributed by atoms with van der Waals surface area (Å²) in [5.74, 6) is -0.977. The largest absolute Gasteiger partial charge is 0.476 e. The number of carboxylic acids is 1. The van der Waals surface area contributed by atoms with Gasteiger partial charge in [-0.15, -0.1) is 11.3 Å². The molecule has 0 fully saturated rings. The Morgan fingerprint density at radius 3 is 2.88 bits per heavy atom. The molecule has 1 heterocycles. The number of hydrogen-bond acceptors (Lipinski definition) is 5. The highest BCUT2D eigenvalue weighted by Gasteiger charge is 2.12. The fourth-order valence-electron chi connectivity index (χ4n) is 1.60. The van der Waals surface area contributed by atoms with Crippen molar-refractivity contribution in [2.45, 2.75) is 20.3 Å². The van der Waals surface area contributed by atoms with Crippen molar-refractivity contribution in [2.75, 3.05) is 31.5 Å². The zero-order valence-electron chi connectivity index (χ0n) is 10.3. The number of anilines is 1. The Hall–Kier alpha value is -1.14. The summed E-state index contributed by atoms with van der Waals surface area (Å²) in [6, 6.07) is 0. The number of carbonyl (C=O) groups is 1. The number of likely N-dealkylation sites (N-methyl/N-ethyl adjacent to an activating group) is 1. The average molecular weight is 257 g/mol. The maximum atomic E-state index is 10.8. The van der Waals surface area contributed by atoms with Crippen molar-refractivity contribution < 1.29 is 9.90 Å². The van der Waals surface area contributed by atoms with Crippen LogP contribution >= 0.6 is 11.3 Å². The summed E-state index contributed by atoms with van der Waals surface area (Å²) in [5, 5.41) is 12.7. The summed E-state index contributed by atoms with van der Waals surface area (Å²) >= 11 is 1.33. The second kappa shape index (κ2) is 7.24. The van der Waals surface area contributed by atoms with Gasteiger partial charge >= 0.3 is 5.97 Å². The molecular formula is C11H19N3O2S.